The molecule has 0 aromatic heterocycles. The number of amides is 1. The summed E-state index contributed by atoms with van der Waals surface area (Å²) in [6, 6.07) is 5.26. The Morgan fingerprint density at radius 1 is 1.39 bits per heavy atom. The third kappa shape index (κ3) is 4.94. The van der Waals surface area contributed by atoms with Gasteiger partial charge in [0, 0.05) is 32.8 Å². The van der Waals surface area contributed by atoms with Gasteiger partial charge in [0.1, 0.15) is 6.10 Å². The van der Waals surface area contributed by atoms with Crippen LogP contribution in [0.15, 0.2) is 24.3 Å². The lowest BCUT2D eigenvalue weighted by Gasteiger charge is -2.18. The number of nitrogens with zero attached hydrogens (tertiary/aromatic N) is 1. The normalized spacial score (nSPS) is 20.5. The minimum absolute atomic E-state index is 0.0505. The number of nitrogens with one attached hydrogen (secondary N) is 1. The van der Waals surface area contributed by atoms with E-state index in [-0.39, 0.29) is 11.9 Å². The van der Waals surface area contributed by atoms with E-state index in [2.05, 4.69) is 10.2 Å². The molecular formula is C16H21F3N2O2. The van der Waals surface area contributed by atoms with Crippen molar-refractivity contribution < 1.29 is 22.7 Å². The lowest BCUT2D eigenvalue weighted by atomic mass is 10.1. The molecule has 2 rings (SSSR count). The number of likely N-dealkylation sites (tertiary alicyclic amines) is 1. The minimum atomic E-state index is -4.31. The average molecular weight is 330 g/mol. The largest absolute Gasteiger partial charge is 0.416 e. The first-order valence-electron chi connectivity index (χ1n) is 7.51. The Morgan fingerprint density at radius 3 is 2.61 bits per heavy atom. The molecule has 1 amide bonds. The van der Waals surface area contributed by atoms with Crippen molar-refractivity contribution in [3.63, 3.8) is 0 Å². The number of methoxy groups -OCH3 is 1. The van der Waals surface area contributed by atoms with E-state index in [0.29, 0.717) is 13.1 Å². The zero-order valence-electron chi connectivity index (χ0n) is 13.2. The molecule has 2 atom stereocenters. The zero-order chi connectivity index (χ0) is 17.0. The van der Waals surface area contributed by atoms with Crippen LogP contribution >= 0.6 is 0 Å². The van der Waals surface area contributed by atoms with E-state index in [0.717, 1.165) is 30.7 Å². The Balaban J connectivity index is 1.85. The number of rotatable bonds is 5. The van der Waals surface area contributed by atoms with Gasteiger partial charge in [-0.2, -0.15) is 13.2 Å². The van der Waals surface area contributed by atoms with Crippen LogP contribution in [-0.4, -0.2) is 43.2 Å². The molecule has 1 fully saturated rings. The van der Waals surface area contributed by atoms with Crippen molar-refractivity contribution in [3.8, 4) is 0 Å². The lowest BCUT2D eigenvalue weighted by Crippen LogP contribution is -2.42. The second-order valence-electron chi connectivity index (χ2n) is 5.80. The van der Waals surface area contributed by atoms with Crippen LogP contribution in [0.25, 0.3) is 0 Å². The Hall–Kier alpha value is -1.60. The molecule has 0 aliphatic carbocycles. The standard InChI is InChI=1S/C16H21F3N2O2/c1-11(23-2)15(22)20-14-7-8-21(10-14)9-12-3-5-13(6-4-12)16(17,18)19/h3-6,11,14H,7-10H2,1-2H3,(H,20,22)/t11-,14-/m0/s1. The molecule has 0 spiro atoms. The maximum absolute atomic E-state index is 12.5. The molecule has 1 saturated heterocycles. The molecule has 0 unspecified atom stereocenters. The maximum atomic E-state index is 12.5. The predicted octanol–water partition coefficient (Wildman–Crippen LogP) is 2.43. The third-order valence-corrected chi connectivity index (χ3v) is 4.03. The van der Waals surface area contributed by atoms with Gasteiger partial charge in [-0.3, -0.25) is 9.69 Å². The summed E-state index contributed by atoms with van der Waals surface area (Å²) < 4.78 is 42.6. The smallest absolute Gasteiger partial charge is 0.372 e. The van der Waals surface area contributed by atoms with Crippen molar-refractivity contribution in [2.75, 3.05) is 20.2 Å². The van der Waals surface area contributed by atoms with Crippen molar-refractivity contribution >= 4 is 5.91 Å². The Bertz CT molecular complexity index is 531. The van der Waals surface area contributed by atoms with Crippen molar-refractivity contribution in [2.45, 2.75) is 38.2 Å². The summed E-state index contributed by atoms with van der Waals surface area (Å²) in [6.07, 6.45) is -3.97. The van der Waals surface area contributed by atoms with Crippen LogP contribution < -0.4 is 5.32 Å². The van der Waals surface area contributed by atoms with Gasteiger partial charge in [0.25, 0.3) is 0 Å². The van der Waals surface area contributed by atoms with E-state index < -0.39 is 17.8 Å². The Morgan fingerprint density at radius 2 is 2.04 bits per heavy atom. The molecule has 1 heterocycles. The first-order valence-corrected chi connectivity index (χ1v) is 7.51. The minimum Gasteiger partial charge on any atom is -0.372 e. The van der Waals surface area contributed by atoms with Gasteiger partial charge in [-0.05, 0) is 31.0 Å². The molecule has 0 radical (unpaired) electrons. The summed E-state index contributed by atoms with van der Waals surface area (Å²) >= 11 is 0. The van der Waals surface area contributed by atoms with Gasteiger partial charge in [-0.25, -0.2) is 0 Å². The van der Waals surface area contributed by atoms with Crippen LogP contribution in [0.4, 0.5) is 13.2 Å². The highest BCUT2D eigenvalue weighted by Crippen LogP contribution is 2.29. The van der Waals surface area contributed by atoms with Gasteiger partial charge in [0.15, 0.2) is 0 Å². The van der Waals surface area contributed by atoms with Gasteiger partial charge in [-0.15, -0.1) is 0 Å². The summed E-state index contributed by atoms with van der Waals surface area (Å²) in [5.41, 5.74) is 0.191. The highest BCUT2D eigenvalue weighted by atomic mass is 19.4. The molecule has 0 saturated carbocycles. The molecule has 1 aliphatic rings. The number of ether oxygens (including phenoxy) is 1. The lowest BCUT2D eigenvalue weighted by molar-refractivity contribution is -0.137. The van der Waals surface area contributed by atoms with Crippen molar-refractivity contribution in [3.05, 3.63) is 35.4 Å². The summed E-state index contributed by atoms with van der Waals surface area (Å²) in [6.45, 7) is 3.74. The van der Waals surface area contributed by atoms with Crippen LogP contribution in [0.2, 0.25) is 0 Å². The predicted molar refractivity (Wildman–Crippen MR) is 79.7 cm³/mol. The number of hydrogen-bond acceptors (Lipinski definition) is 3. The Kier molecular flexibility index (Phi) is 5.64. The number of halogens is 3. The highest BCUT2D eigenvalue weighted by molar-refractivity contribution is 5.80. The molecule has 4 nitrogen and oxygen atoms in total. The Labute approximate surface area is 133 Å². The summed E-state index contributed by atoms with van der Waals surface area (Å²) in [7, 11) is 1.48. The highest BCUT2D eigenvalue weighted by Gasteiger charge is 2.30. The van der Waals surface area contributed by atoms with Gasteiger partial charge < -0.3 is 10.1 Å². The third-order valence-electron chi connectivity index (χ3n) is 4.03. The molecule has 0 bridgehead atoms. The van der Waals surface area contributed by atoms with Crippen LogP contribution in [0, 0.1) is 0 Å². The van der Waals surface area contributed by atoms with Gasteiger partial charge >= 0.3 is 6.18 Å². The molecule has 1 aromatic carbocycles. The quantitative estimate of drug-likeness (QED) is 0.902. The van der Waals surface area contributed by atoms with E-state index >= 15 is 0 Å². The second-order valence-corrected chi connectivity index (χ2v) is 5.80. The van der Waals surface area contributed by atoms with Gasteiger partial charge in [-0.1, -0.05) is 12.1 Å². The van der Waals surface area contributed by atoms with Crippen molar-refractivity contribution in [1.82, 2.24) is 10.2 Å². The molecule has 1 aromatic rings. The number of carbonyl (C=O) groups excluding carboxylic acids is 1. The number of hydrogen-bond donors (Lipinski definition) is 1. The van der Waals surface area contributed by atoms with Gasteiger partial charge in [0.05, 0.1) is 5.56 Å². The zero-order valence-corrected chi connectivity index (χ0v) is 13.2. The van der Waals surface area contributed by atoms with Crippen LogP contribution in [0.5, 0.6) is 0 Å². The molecular weight excluding hydrogens is 309 g/mol. The van der Waals surface area contributed by atoms with E-state index in [1.807, 2.05) is 0 Å². The summed E-state index contributed by atoms with van der Waals surface area (Å²) in [5, 5.41) is 2.92. The topological polar surface area (TPSA) is 41.6 Å². The van der Waals surface area contributed by atoms with Gasteiger partial charge in [0.2, 0.25) is 5.91 Å². The fourth-order valence-corrected chi connectivity index (χ4v) is 2.58. The number of alkyl halides is 3. The van der Waals surface area contributed by atoms with E-state index in [1.54, 1.807) is 6.92 Å². The van der Waals surface area contributed by atoms with Crippen molar-refractivity contribution in [1.29, 1.82) is 0 Å². The molecule has 7 heteroatoms. The first-order chi connectivity index (χ1) is 10.8. The SMILES string of the molecule is CO[C@@H](C)C(=O)N[C@H]1CCN(Cc2ccc(C(F)(F)F)cc2)C1. The van der Waals surface area contributed by atoms with Crippen molar-refractivity contribution in [2.24, 2.45) is 0 Å². The van der Waals surface area contributed by atoms with E-state index in [1.165, 1.54) is 19.2 Å². The average Bonchev–Trinajstić information content (AvgIpc) is 2.93. The van der Waals surface area contributed by atoms with E-state index in [4.69, 9.17) is 4.74 Å². The molecule has 1 aliphatic heterocycles. The number of benzene rings is 1. The fourth-order valence-electron chi connectivity index (χ4n) is 2.58. The molecule has 128 valence electrons. The van der Waals surface area contributed by atoms with Crippen LogP contribution in [-0.2, 0) is 22.3 Å². The molecule has 1 N–H and O–H groups in total. The second kappa shape index (κ2) is 7.31. The van der Waals surface area contributed by atoms with E-state index in [9.17, 15) is 18.0 Å². The fraction of sp³-hybridized carbons (Fsp3) is 0.562. The number of carbonyl (C=O) groups is 1. The monoisotopic (exact) mass is 330 g/mol. The molecule has 23 heavy (non-hydrogen) atoms. The summed E-state index contributed by atoms with van der Waals surface area (Å²) in [4.78, 5) is 13.9. The first kappa shape index (κ1) is 17.7. The summed E-state index contributed by atoms with van der Waals surface area (Å²) in [5.74, 6) is -0.145. The van der Waals surface area contributed by atoms with Crippen LogP contribution in [0.1, 0.15) is 24.5 Å². The van der Waals surface area contributed by atoms with Crippen LogP contribution in [0.3, 0.4) is 0 Å². The maximum Gasteiger partial charge on any atom is 0.416 e.